The van der Waals surface area contributed by atoms with E-state index in [9.17, 15) is 0 Å². The molecule has 4 N–H and O–H groups in total. The highest BCUT2D eigenvalue weighted by molar-refractivity contribution is 5.05. The van der Waals surface area contributed by atoms with Gasteiger partial charge in [-0.3, -0.25) is 0 Å². The second-order valence-electron chi connectivity index (χ2n) is 3.90. The van der Waals surface area contributed by atoms with Gasteiger partial charge < -0.3 is 11.5 Å². The fraction of sp³-hybridized carbons (Fsp3) is 0.800. The maximum absolute atomic E-state index is 5.79. The molecule has 2 nitrogen and oxygen atoms in total. The SMILES string of the molecule is CC1=CC(CC(N)CN)CCC1. The van der Waals surface area contributed by atoms with Crippen LogP contribution in [0.5, 0.6) is 0 Å². The van der Waals surface area contributed by atoms with Crippen molar-refractivity contribution in [1.82, 2.24) is 0 Å². The smallest absolute Gasteiger partial charge is 0.0168 e. The molecular formula is C10H20N2. The highest BCUT2D eigenvalue weighted by Gasteiger charge is 2.13. The third kappa shape index (κ3) is 2.95. The first-order chi connectivity index (χ1) is 5.72. The zero-order valence-electron chi connectivity index (χ0n) is 7.92. The lowest BCUT2D eigenvalue weighted by Crippen LogP contribution is -2.31. The molecule has 0 radical (unpaired) electrons. The molecule has 0 aromatic carbocycles. The Hall–Kier alpha value is -0.340. The molecule has 0 aliphatic heterocycles. The van der Waals surface area contributed by atoms with Gasteiger partial charge in [0.1, 0.15) is 0 Å². The summed E-state index contributed by atoms with van der Waals surface area (Å²) in [5.74, 6) is 0.692. The van der Waals surface area contributed by atoms with Gasteiger partial charge in [-0.05, 0) is 38.5 Å². The first-order valence-electron chi connectivity index (χ1n) is 4.85. The standard InChI is InChI=1S/C10H20N2/c1-8-3-2-4-9(5-8)6-10(12)7-11/h5,9-10H,2-4,6-7,11-12H2,1H3. The molecule has 0 bridgehead atoms. The van der Waals surface area contributed by atoms with Crippen molar-refractivity contribution < 1.29 is 0 Å². The van der Waals surface area contributed by atoms with Gasteiger partial charge in [0.2, 0.25) is 0 Å². The summed E-state index contributed by atoms with van der Waals surface area (Å²) in [6.45, 7) is 2.82. The van der Waals surface area contributed by atoms with Crippen LogP contribution in [0, 0.1) is 5.92 Å². The molecule has 0 heterocycles. The normalized spacial score (nSPS) is 26.6. The Morgan fingerprint density at radius 1 is 1.67 bits per heavy atom. The summed E-state index contributed by atoms with van der Waals surface area (Å²) >= 11 is 0. The summed E-state index contributed by atoms with van der Waals surface area (Å²) in [6, 6.07) is 0.192. The molecule has 2 heteroatoms. The maximum Gasteiger partial charge on any atom is 0.0168 e. The first kappa shape index (κ1) is 9.75. The van der Waals surface area contributed by atoms with Gasteiger partial charge in [-0.15, -0.1) is 0 Å². The van der Waals surface area contributed by atoms with Crippen LogP contribution in [0.15, 0.2) is 11.6 Å². The highest BCUT2D eigenvalue weighted by Crippen LogP contribution is 2.25. The minimum absolute atomic E-state index is 0.192. The fourth-order valence-corrected chi connectivity index (χ4v) is 1.88. The van der Waals surface area contributed by atoms with Crippen LogP contribution in [0.2, 0.25) is 0 Å². The molecule has 1 aliphatic rings. The lowest BCUT2D eigenvalue weighted by molar-refractivity contribution is 0.449. The summed E-state index contributed by atoms with van der Waals surface area (Å²) in [5.41, 5.74) is 12.8. The minimum atomic E-state index is 0.192. The lowest BCUT2D eigenvalue weighted by atomic mass is 9.87. The Kier molecular flexibility index (Phi) is 3.76. The van der Waals surface area contributed by atoms with E-state index in [1.54, 1.807) is 0 Å². The van der Waals surface area contributed by atoms with Gasteiger partial charge in [-0.1, -0.05) is 11.6 Å². The van der Waals surface area contributed by atoms with Crippen molar-refractivity contribution in [2.24, 2.45) is 17.4 Å². The Morgan fingerprint density at radius 2 is 2.42 bits per heavy atom. The van der Waals surface area contributed by atoms with Crippen molar-refractivity contribution in [1.29, 1.82) is 0 Å². The number of rotatable bonds is 3. The molecule has 2 atom stereocenters. The summed E-state index contributed by atoms with van der Waals surface area (Å²) in [7, 11) is 0. The molecule has 1 aliphatic carbocycles. The monoisotopic (exact) mass is 168 g/mol. The van der Waals surface area contributed by atoms with E-state index >= 15 is 0 Å². The summed E-state index contributed by atoms with van der Waals surface area (Å²) < 4.78 is 0. The van der Waals surface area contributed by atoms with E-state index in [0.717, 1.165) is 6.42 Å². The zero-order chi connectivity index (χ0) is 8.97. The second kappa shape index (κ2) is 4.63. The number of allylic oxidation sites excluding steroid dienone is 2. The van der Waals surface area contributed by atoms with Crippen molar-refractivity contribution in [3.8, 4) is 0 Å². The third-order valence-corrected chi connectivity index (χ3v) is 2.57. The zero-order valence-corrected chi connectivity index (χ0v) is 7.92. The Labute approximate surface area is 75.0 Å². The predicted octanol–water partition coefficient (Wildman–Crippen LogP) is 1.41. The minimum Gasteiger partial charge on any atom is -0.329 e. The van der Waals surface area contributed by atoms with Gasteiger partial charge in [-0.25, -0.2) is 0 Å². The van der Waals surface area contributed by atoms with Gasteiger partial charge in [0.05, 0.1) is 0 Å². The van der Waals surface area contributed by atoms with Crippen LogP contribution in [0.25, 0.3) is 0 Å². The van der Waals surface area contributed by atoms with Gasteiger partial charge in [-0.2, -0.15) is 0 Å². The topological polar surface area (TPSA) is 52.0 Å². The molecule has 0 aromatic heterocycles. The average molecular weight is 168 g/mol. The van der Waals surface area contributed by atoms with Crippen LogP contribution in [-0.2, 0) is 0 Å². The van der Waals surface area contributed by atoms with E-state index in [1.165, 1.54) is 24.8 Å². The molecule has 1 rings (SSSR count). The third-order valence-electron chi connectivity index (χ3n) is 2.57. The lowest BCUT2D eigenvalue weighted by Gasteiger charge is -2.21. The van der Waals surface area contributed by atoms with Crippen molar-refractivity contribution in [2.45, 2.75) is 38.6 Å². The quantitative estimate of drug-likeness (QED) is 0.626. The number of hydrogen-bond acceptors (Lipinski definition) is 2. The molecule has 0 saturated carbocycles. The van der Waals surface area contributed by atoms with Crippen LogP contribution < -0.4 is 11.5 Å². The summed E-state index contributed by atoms with van der Waals surface area (Å²) in [6.07, 6.45) is 7.33. The molecule has 2 unspecified atom stereocenters. The number of hydrogen-bond donors (Lipinski definition) is 2. The average Bonchev–Trinajstić information content (AvgIpc) is 2.04. The van der Waals surface area contributed by atoms with E-state index in [4.69, 9.17) is 11.5 Å². The van der Waals surface area contributed by atoms with Crippen LogP contribution in [-0.4, -0.2) is 12.6 Å². The van der Waals surface area contributed by atoms with Gasteiger partial charge in [0.25, 0.3) is 0 Å². The largest absolute Gasteiger partial charge is 0.329 e. The van der Waals surface area contributed by atoms with Gasteiger partial charge >= 0.3 is 0 Å². The molecule has 0 amide bonds. The van der Waals surface area contributed by atoms with E-state index in [0.29, 0.717) is 12.5 Å². The highest BCUT2D eigenvalue weighted by atomic mass is 14.7. The van der Waals surface area contributed by atoms with Crippen LogP contribution in [0.1, 0.15) is 32.6 Å². The number of nitrogens with two attached hydrogens (primary N) is 2. The van der Waals surface area contributed by atoms with Gasteiger partial charge in [0.15, 0.2) is 0 Å². The first-order valence-corrected chi connectivity index (χ1v) is 4.85. The molecule has 70 valence electrons. The van der Waals surface area contributed by atoms with E-state index in [-0.39, 0.29) is 6.04 Å². The van der Waals surface area contributed by atoms with E-state index in [1.807, 2.05) is 0 Å². The Bertz CT molecular complexity index is 163. The van der Waals surface area contributed by atoms with Crippen molar-refractivity contribution in [2.75, 3.05) is 6.54 Å². The van der Waals surface area contributed by atoms with Crippen LogP contribution in [0.3, 0.4) is 0 Å². The van der Waals surface area contributed by atoms with Crippen molar-refractivity contribution in [3.05, 3.63) is 11.6 Å². The fourth-order valence-electron chi connectivity index (χ4n) is 1.88. The Balaban J connectivity index is 2.36. The molecule has 0 saturated heterocycles. The molecular weight excluding hydrogens is 148 g/mol. The molecule has 0 spiro atoms. The van der Waals surface area contributed by atoms with Crippen LogP contribution in [0.4, 0.5) is 0 Å². The summed E-state index contributed by atoms with van der Waals surface area (Å²) in [4.78, 5) is 0. The predicted molar refractivity (Wildman–Crippen MR) is 52.7 cm³/mol. The molecule has 0 fully saturated rings. The second-order valence-corrected chi connectivity index (χ2v) is 3.90. The van der Waals surface area contributed by atoms with E-state index < -0.39 is 0 Å². The van der Waals surface area contributed by atoms with Crippen molar-refractivity contribution in [3.63, 3.8) is 0 Å². The summed E-state index contributed by atoms with van der Waals surface area (Å²) in [5, 5.41) is 0. The maximum atomic E-state index is 5.79. The Morgan fingerprint density at radius 3 is 3.00 bits per heavy atom. The molecule has 0 aromatic rings. The van der Waals surface area contributed by atoms with E-state index in [2.05, 4.69) is 13.0 Å². The van der Waals surface area contributed by atoms with Crippen molar-refractivity contribution >= 4 is 0 Å². The molecule has 12 heavy (non-hydrogen) atoms. The van der Waals surface area contributed by atoms with Gasteiger partial charge in [0, 0.05) is 12.6 Å². The van der Waals surface area contributed by atoms with Crippen LogP contribution >= 0.6 is 0 Å².